The lowest BCUT2D eigenvalue weighted by atomic mass is 9.98. The third-order valence-electron chi connectivity index (χ3n) is 7.07. The number of para-hydroxylation sites is 1. The molecule has 1 fully saturated rings. The maximum absolute atomic E-state index is 13.5. The van der Waals surface area contributed by atoms with Crippen LogP contribution in [-0.4, -0.2) is 40.3 Å². The molecule has 184 valence electrons. The molecule has 0 radical (unpaired) electrons. The molecule has 1 aromatic heterocycles. The zero-order valence-electron chi connectivity index (χ0n) is 20.3. The van der Waals surface area contributed by atoms with Crippen molar-refractivity contribution >= 4 is 22.7 Å². The molecule has 36 heavy (non-hydrogen) atoms. The molecule has 6 nitrogen and oxygen atoms in total. The van der Waals surface area contributed by atoms with Gasteiger partial charge in [-0.3, -0.25) is 9.59 Å². The molecule has 3 aromatic carbocycles. The van der Waals surface area contributed by atoms with Gasteiger partial charge in [0.25, 0.3) is 0 Å². The molecule has 1 aliphatic rings. The van der Waals surface area contributed by atoms with Crippen LogP contribution < -0.4 is 11.1 Å². The summed E-state index contributed by atoms with van der Waals surface area (Å²) >= 11 is 0. The van der Waals surface area contributed by atoms with Crippen LogP contribution in [0, 0.1) is 0 Å². The Morgan fingerprint density at radius 3 is 2.42 bits per heavy atom. The van der Waals surface area contributed by atoms with Crippen LogP contribution in [0.5, 0.6) is 0 Å². The van der Waals surface area contributed by atoms with Gasteiger partial charge in [0.05, 0.1) is 12.1 Å². The molecule has 2 heterocycles. The Morgan fingerprint density at radius 1 is 0.944 bits per heavy atom. The Morgan fingerprint density at radius 2 is 1.64 bits per heavy atom. The predicted molar refractivity (Wildman–Crippen MR) is 142 cm³/mol. The summed E-state index contributed by atoms with van der Waals surface area (Å²) in [4.78, 5) is 31.8. The second kappa shape index (κ2) is 10.8. The van der Waals surface area contributed by atoms with Crippen LogP contribution in [0.25, 0.3) is 10.9 Å². The number of nitrogens with zero attached hydrogens (tertiary/aromatic N) is 1. The fraction of sp³-hybridized carbons (Fsp3) is 0.267. The van der Waals surface area contributed by atoms with E-state index >= 15 is 0 Å². The van der Waals surface area contributed by atoms with Gasteiger partial charge in [0.2, 0.25) is 11.8 Å². The van der Waals surface area contributed by atoms with Gasteiger partial charge in [-0.1, -0.05) is 78.9 Å². The number of H-pyrrole nitrogens is 1. The van der Waals surface area contributed by atoms with Crippen LogP contribution in [0.4, 0.5) is 0 Å². The first-order valence-corrected chi connectivity index (χ1v) is 12.6. The summed E-state index contributed by atoms with van der Waals surface area (Å²) in [5.74, 6) is -0.290. The first-order chi connectivity index (χ1) is 17.6. The monoisotopic (exact) mass is 480 g/mol. The van der Waals surface area contributed by atoms with Crippen LogP contribution in [-0.2, 0) is 22.4 Å². The Balaban J connectivity index is 1.29. The van der Waals surface area contributed by atoms with Gasteiger partial charge in [0.15, 0.2) is 0 Å². The van der Waals surface area contributed by atoms with Crippen molar-refractivity contribution in [3.8, 4) is 0 Å². The van der Waals surface area contributed by atoms with Gasteiger partial charge >= 0.3 is 0 Å². The van der Waals surface area contributed by atoms with Crippen LogP contribution in [0.3, 0.4) is 0 Å². The molecule has 1 saturated heterocycles. The van der Waals surface area contributed by atoms with E-state index in [1.165, 1.54) is 0 Å². The summed E-state index contributed by atoms with van der Waals surface area (Å²) in [6, 6.07) is 26.7. The van der Waals surface area contributed by atoms with Crippen molar-refractivity contribution in [3.63, 3.8) is 0 Å². The summed E-state index contributed by atoms with van der Waals surface area (Å²) in [6.45, 7) is 0.549. The molecule has 5 rings (SSSR count). The number of likely N-dealkylation sites (tertiary alicyclic amines) is 1. The second-order valence-electron chi connectivity index (χ2n) is 9.52. The summed E-state index contributed by atoms with van der Waals surface area (Å²) < 4.78 is 0. The van der Waals surface area contributed by atoms with Gasteiger partial charge in [-0.2, -0.15) is 0 Å². The fourth-order valence-corrected chi connectivity index (χ4v) is 5.20. The highest BCUT2D eigenvalue weighted by molar-refractivity contribution is 5.91. The summed E-state index contributed by atoms with van der Waals surface area (Å²) in [5, 5.41) is 4.31. The van der Waals surface area contributed by atoms with Crippen molar-refractivity contribution in [1.29, 1.82) is 0 Å². The Bertz CT molecular complexity index is 1320. The number of amides is 2. The summed E-state index contributed by atoms with van der Waals surface area (Å²) in [6.07, 6.45) is 4.45. The fourth-order valence-electron chi connectivity index (χ4n) is 5.20. The molecule has 0 bridgehead atoms. The van der Waals surface area contributed by atoms with Crippen molar-refractivity contribution in [2.75, 3.05) is 6.54 Å². The molecule has 0 aliphatic carbocycles. The number of aromatic amines is 1. The van der Waals surface area contributed by atoms with Gasteiger partial charge in [0.1, 0.15) is 6.04 Å². The number of hydrogen-bond donors (Lipinski definition) is 3. The van der Waals surface area contributed by atoms with Gasteiger partial charge < -0.3 is 20.9 Å². The first kappa shape index (κ1) is 23.8. The standard InChI is InChI=1S/C30H32N4O2/c31-25(19-23-20-32-26-15-8-7-14-24(23)26)30(36)34-17-9-16-28(34)29(35)33-27(22-12-5-2-6-13-22)18-21-10-3-1-4-11-21/h1-8,10-15,20,25,27-28,32H,9,16-19,31H2,(H,33,35)/t25-,27-,28-/m0/s1. The Hall–Kier alpha value is -3.90. The highest BCUT2D eigenvalue weighted by Gasteiger charge is 2.37. The van der Waals surface area contributed by atoms with Crippen molar-refractivity contribution in [1.82, 2.24) is 15.2 Å². The third-order valence-corrected chi connectivity index (χ3v) is 7.07. The molecular weight excluding hydrogens is 448 g/mol. The lowest BCUT2D eigenvalue weighted by Gasteiger charge is -2.29. The average molecular weight is 481 g/mol. The molecule has 0 unspecified atom stereocenters. The third kappa shape index (κ3) is 5.19. The van der Waals surface area contributed by atoms with Gasteiger partial charge in [-0.05, 0) is 48.4 Å². The highest BCUT2D eigenvalue weighted by atomic mass is 16.2. The van der Waals surface area contributed by atoms with Gasteiger partial charge in [-0.25, -0.2) is 0 Å². The van der Waals surface area contributed by atoms with Crippen LogP contribution in [0.2, 0.25) is 0 Å². The number of nitrogens with one attached hydrogen (secondary N) is 2. The number of benzene rings is 3. The van der Waals surface area contributed by atoms with E-state index in [1.54, 1.807) is 4.90 Å². The van der Waals surface area contributed by atoms with Crippen molar-refractivity contribution in [3.05, 3.63) is 108 Å². The van der Waals surface area contributed by atoms with Crippen LogP contribution in [0.1, 0.15) is 35.6 Å². The number of rotatable bonds is 8. The van der Waals surface area contributed by atoms with Crippen LogP contribution in [0.15, 0.2) is 91.1 Å². The molecule has 3 atom stereocenters. The molecule has 6 heteroatoms. The summed E-state index contributed by atoms with van der Waals surface area (Å²) in [5.41, 5.74) is 10.6. The zero-order valence-corrected chi connectivity index (χ0v) is 20.3. The number of carbonyl (C=O) groups excluding carboxylic acids is 2. The number of hydrogen-bond acceptors (Lipinski definition) is 3. The van der Waals surface area contributed by atoms with Crippen molar-refractivity contribution < 1.29 is 9.59 Å². The molecule has 1 aliphatic heterocycles. The van der Waals surface area contributed by atoms with Crippen molar-refractivity contribution in [2.24, 2.45) is 5.73 Å². The molecule has 2 amide bonds. The van der Waals surface area contributed by atoms with E-state index < -0.39 is 12.1 Å². The van der Waals surface area contributed by atoms with Gasteiger partial charge in [0, 0.05) is 23.6 Å². The molecular formula is C30H32N4O2. The Kier molecular flexibility index (Phi) is 7.14. The average Bonchev–Trinajstić information content (AvgIpc) is 3.57. The van der Waals surface area contributed by atoms with Crippen LogP contribution >= 0.6 is 0 Å². The molecule has 0 spiro atoms. The van der Waals surface area contributed by atoms with E-state index in [9.17, 15) is 9.59 Å². The SMILES string of the molecule is N[C@@H](Cc1c[nH]c2ccccc12)C(=O)N1CCC[C@H]1C(=O)N[C@@H](Cc1ccccc1)c1ccccc1. The van der Waals surface area contributed by atoms with E-state index in [4.69, 9.17) is 5.73 Å². The topological polar surface area (TPSA) is 91.2 Å². The number of aromatic nitrogens is 1. The smallest absolute Gasteiger partial charge is 0.243 e. The maximum Gasteiger partial charge on any atom is 0.243 e. The number of carbonyl (C=O) groups is 2. The zero-order chi connectivity index (χ0) is 24.9. The molecule has 4 N–H and O–H groups in total. The first-order valence-electron chi connectivity index (χ1n) is 12.6. The van der Waals surface area contributed by atoms with E-state index in [0.29, 0.717) is 25.8 Å². The highest BCUT2D eigenvalue weighted by Crippen LogP contribution is 2.24. The predicted octanol–water partition coefficient (Wildman–Crippen LogP) is 4.13. The quantitative estimate of drug-likeness (QED) is 0.354. The largest absolute Gasteiger partial charge is 0.361 e. The van der Waals surface area contributed by atoms with E-state index in [2.05, 4.69) is 22.4 Å². The van der Waals surface area contributed by atoms with E-state index in [-0.39, 0.29) is 17.9 Å². The van der Waals surface area contributed by atoms with Crippen molar-refractivity contribution in [2.45, 2.75) is 43.8 Å². The minimum atomic E-state index is -0.702. The van der Waals surface area contributed by atoms with Gasteiger partial charge in [-0.15, -0.1) is 0 Å². The number of nitrogens with two attached hydrogens (primary N) is 1. The lowest BCUT2D eigenvalue weighted by Crippen LogP contribution is -2.52. The molecule has 0 saturated carbocycles. The normalized spacial score (nSPS) is 17.1. The minimum Gasteiger partial charge on any atom is -0.361 e. The minimum absolute atomic E-state index is 0.120. The summed E-state index contributed by atoms with van der Waals surface area (Å²) in [7, 11) is 0. The second-order valence-corrected chi connectivity index (χ2v) is 9.52. The lowest BCUT2D eigenvalue weighted by molar-refractivity contribution is -0.139. The van der Waals surface area contributed by atoms with E-state index in [1.807, 2.05) is 79.0 Å². The Labute approximate surface area is 211 Å². The molecule has 4 aromatic rings. The number of fused-ring (bicyclic) bond motifs is 1. The van der Waals surface area contributed by atoms with E-state index in [0.717, 1.165) is 34.0 Å². The maximum atomic E-state index is 13.5.